The molecule has 0 aliphatic rings. The molecule has 130 valence electrons. The molecule has 0 saturated heterocycles. The summed E-state index contributed by atoms with van der Waals surface area (Å²) < 4.78 is 9.96. The Bertz CT molecular complexity index is 655. The fraction of sp³-hybridized carbons (Fsp3) is 0.400. The summed E-state index contributed by atoms with van der Waals surface area (Å²) in [7, 11) is 0. The van der Waals surface area contributed by atoms with Crippen LogP contribution in [0.2, 0.25) is 0 Å². The summed E-state index contributed by atoms with van der Waals surface area (Å²) in [5.41, 5.74) is 5.81. The Labute approximate surface area is 144 Å². The number of hydrogen-bond acceptors (Lipinski definition) is 4. The lowest BCUT2D eigenvalue weighted by Crippen LogP contribution is -2.08. The van der Waals surface area contributed by atoms with E-state index in [0.717, 1.165) is 27.8 Å². The Morgan fingerprint density at radius 1 is 0.917 bits per heavy atom. The van der Waals surface area contributed by atoms with Gasteiger partial charge in [-0.15, -0.1) is 0 Å². The predicted molar refractivity (Wildman–Crippen MR) is 95.8 cm³/mol. The van der Waals surface area contributed by atoms with Gasteiger partial charge in [0.2, 0.25) is 0 Å². The maximum absolute atomic E-state index is 12.2. The maximum atomic E-state index is 12.2. The van der Waals surface area contributed by atoms with Gasteiger partial charge in [-0.3, -0.25) is 0 Å². The lowest BCUT2D eigenvalue weighted by Gasteiger charge is -2.13. The smallest absolute Gasteiger partial charge is 0.338 e. The Morgan fingerprint density at radius 2 is 1.46 bits per heavy atom. The number of carbonyl (C=O) groups is 2. The normalized spacial score (nSPS) is 11.7. The van der Waals surface area contributed by atoms with E-state index in [1.54, 1.807) is 19.9 Å². The summed E-state index contributed by atoms with van der Waals surface area (Å²) in [6.07, 6.45) is 4.48. The van der Waals surface area contributed by atoms with E-state index in [0.29, 0.717) is 5.57 Å². The van der Waals surface area contributed by atoms with Gasteiger partial charge in [-0.1, -0.05) is 6.07 Å². The number of rotatable bonds is 6. The van der Waals surface area contributed by atoms with Crippen LogP contribution in [0.4, 0.5) is 0 Å². The summed E-state index contributed by atoms with van der Waals surface area (Å²) in [4.78, 5) is 23.8. The fourth-order valence-corrected chi connectivity index (χ4v) is 2.36. The third-order valence-electron chi connectivity index (χ3n) is 3.92. The molecule has 1 rings (SSSR count). The molecule has 0 aliphatic carbocycles. The first-order valence-corrected chi connectivity index (χ1v) is 8.12. The van der Waals surface area contributed by atoms with Crippen molar-refractivity contribution in [2.75, 3.05) is 13.2 Å². The molecule has 0 unspecified atom stereocenters. The quantitative estimate of drug-likeness (QED) is 0.450. The van der Waals surface area contributed by atoms with Gasteiger partial charge in [0, 0.05) is 6.08 Å². The molecule has 24 heavy (non-hydrogen) atoms. The van der Waals surface area contributed by atoms with Crippen molar-refractivity contribution in [3.05, 3.63) is 51.6 Å². The average Bonchev–Trinajstić information content (AvgIpc) is 2.53. The molecular formula is C20H26O4. The molecule has 4 heteroatoms. The number of ether oxygens (including phenoxy) is 2. The van der Waals surface area contributed by atoms with Crippen LogP contribution in [-0.4, -0.2) is 25.2 Å². The Hall–Kier alpha value is -2.36. The Kier molecular flexibility index (Phi) is 7.43. The molecule has 0 atom stereocenters. The van der Waals surface area contributed by atoms with Crippen molar-refractivity contribution in [2.45, 2.75) is 41.5 Å². The highest BCUT2D eigenvalue weighted by Crippen LogP contribution is 2.24. The fourth-order valence-electron chi connectivity index (χ4n) is 2.36. The highest BCUT2D eigenvalue weighted by atomic mass is 16.5. The highest BCUT2D eigenvalue weighted by Gasteiger charge is 2.12. The zero-order chi connectivity index (χ0) is 18.3. The van der Waals surface area contributed by atoms with Crippen LogP contribution in [0.1, 0.15) is 41.7 Å². The first-order chi connectivity index (χ1) is 11.3. The van der Waals surface area contributed by atoms with Gasteiger partial charge in [-0.05, 0) is 81.5 Å². The number of carbonyl (C=O) groups excluding carboxylic acids is 2. The molecule has 4 nitrogen and oxygen atoms in total. The molecule has 0 aliphatic heterocycles. The number of esters is 2. The van der Waals surface area contributed by atoms with E-state index in [1.165, 1.54) is 12.2 Å². The monoisotopic (exact) mass is 330 g/mol. The molecule has 0 aromatic heterocycles. The van der Waals surface area contributed by atoms with Gasteiger partial charge in [0.05, 0.1) is 18.8 Å². The maximum Gasteiger partial charge on any atom is 0.338 e. The molecule has 0 fully saturated rings. The summed E-state index contributed by atoms with van der Waals surface area (Å²) in [5, 5.41) is 0. The van der Waals surface area contributed by atoms with E-state index < -0.39 is 11.9 Å². The van der Waals surface area contributed by atoms with Crippen LogP contribution in [0.25, 0.3) is 6.08 Å². The molecule has 1 aromatic carbocycles. The standard InChI is InChI=1S/C20H26O4/c1-7-23-19(21)10-9-17(20(22)24-8-2)12-18-15(5)13(3)11-14(4)16(18)6/h9-12H,7-8H2,1-6H3/b10-9+,17-12-. The van der Waals surface area contributed by atoms with Gasteiger partial charge >= 0.3 is 11.9 Å². The Morgan fingerprint density at radius 3 is 1.96 bits per heavy atom. The molecule has 0 radical (unpaired) electrons. The minimum Gasteiger partial charge on any atom is -0.463 e. The van der Waals surface area contributed by atoms with Crippen LogP contribution in [0, 0.1) is 27.7 Å². The predicted octanol–water partition coefficient (Wildman–Crippen LogP) is 3.99. The van der Waals surface area contributed by atoms with E-state index in [-0.39, 0.29) is 13.2 Å². The van der Waals surface area contributed by atoms with E-state index in [2.05, 4.69) is 6.07 Å². The van der Waals surface area contributed by atoms with Gasteiger partial charge in [-0.2, -0.15) is 0 Å². The third-order valence-corrected chi connectivity index (χ3v) is 3.92. The van der Waals surface area contributed by atoms with Crippen molar-refractivity contribution >= 4 is 18.0 Å². The van der Waals surface area contributed by atoms with Gasteiger partial charge in [0.15, 0.2) is 0 Å². The molecule has 0 bridgehead atoms. The van der Waals surface area contributed by atoms with E-state index in [1.807, 2.05) is 27.7 Å². The van der Waals surface area contributed by atoms with Crippen molar-refractivity contribution in [3.8, 4) is 0 Å². The van der Waals surface area contributed by atoms with Crippen molar-refractivity contribution < 1.29 is 19.1 Å². The third kappa shape index (κ3) is 5.08. The second-order valence-corrected chi connectivity index (χ2v) is 5.58. The minimum atomic E-state index is -0.485. The second kappa shape index (κ2) is 9.06. The van der Waals surface area contributed by atoms with Crippen molar-refractivity contribution in [1.82, 2.24) is 0 Å². The molecule has 0 saturated carbocycles. The number of hydrogen-bond donors (Lipinski definition) is 0. The molecule has 0 heterocycles. The first kappa shape index (κ1) is 19.7. The van der Waals surface area contributed by atoms with Crippen LogP contribution < -0.4 is 0 Å². The SMILES string of the molecule is CCOC(=O)/C=C/C(=C/c1c(C)c(C)cc(C)c1C)C(=O)OCC. The van der Waals surface area contributed by atoms with Gasteiger partial charge in [-0.25, -0.2) is 9.59 Å². The van der Waals surface area contributed by atoms with E-state index in [4.69, 9.17) is 9.47 Å². The minimum absolute atomic E-state index is 0.272. The van der Waals surface area contributed by atoms with Crippen molar-refractivity contribution in [2.24, 2.45) is 0 Å². The van der Waals surface area contributed by atoms with Crippen LogP contribution in [-0.2, 0) is 19.1 Å². The van der Waals surface area contributed by atoms with Crippen LogP contribution in [0.15, 0.2) is 23.8 Å². The molecular weight excluding hydrogens is 304 g/mol. The molecule has 0 spiro atoms. The summed E-state index contributed by atoms with van der Waals surface area (Å²) in [5.74, 6) is -0.947. The van der Waals surface area contributed by atoms with Crippen LogP contribution in [0.3, 0.4) is 0 Å². The lowest BCUT2D eigenvalue weighted by atomic mass is 9.93. The number of benzene rings is 1. The van der Waals surface area contributed by atoms with Gasteiger partial charge in [0.25, 0.3) is 0 Å². The number of aryl methyl sites for hydroxylation is 2. The lowest BCUT2D eigenvalue weighted by molar-refractivity contribution is -0.138. The molecule has 0 N–H and O–H groups in total. The Balaban J connectivity index is 3.37. The topological polar surface area (TPSA) is 52.6 Å². The summed E-state index contributed by atoms with van der Waals surface area (Å²) in [6.45, 7) is 12.2. The first-order valence-electron chi connectivity index (χ1n) is 8.12. The van der Waals surface area contributed by atoms with Crippen LogP contribution in [0.5, 0.6) is 0 Å². The molecule has 1 aromatic rings. The zero-order valence-corrected chi connectivity index (χ0v) is 15.4. The van der Waals surface area contributed by atoms with E-state index >= 15 is 0 Å². The van der Waals surface area contributed by atoms with Gasteiger partial charge < -0.3 is 9.47 Å². The zero-order valence-electron chi connectivity index (χ0n) is 15.4. The second-order valence-electron chi connectivity index (χ2n) is 5.58. The van der Waals surface area contributed by atoms with Gasteiger partial charge in [0.1, 0.15) is 0 Å². The summed E-state index contributed by atoms with van der Waals surface area (Å²) >= 11 is 0. The summed E-state index contributed by atoms with van der Waals surface area (Å²) in [6, 6.07) is 2.13. The van der Waals surface area contributed by atoms with E-state index in [9.17, 15) is 9.59 Å². The van der Waals surface area contributed by atoms with Crippen molar-refractivity contribution in [3.63, 3.8) is 0 Å². The highest BCUT2D eigenvalue weighted by molar-refractivity contribution is 5.99. The largest absolute Gasteiger partial charge is 0.463 e. The van der Waals surface area contributed by atoms with Crippen molar-refractivity contribution in [1.29, 1.82) is 0 Å². The molecule has 0 amide bonds. The van der Waals surface area contributed by atoms with Crippen LogP contribution >= 0.6 is 0 Å². The average molecular weight is 330 g/mol.